The van der Waals surface area contributed by atoms with Crippen molar-refractivity contribution >= 4 is 29.1 Å². The van der Waals surface area contributed by atoms with Crippen LogP contribution in [0.1, 0.15) is 0 Å². The topological polar surface area (TPSA) is 18.5 Å². The van der Waals surface area contributed by atoms with Gasteiger partial charge in [0.25, 0.3) is 0 Å². The summed E-state index contributed by atoms with van der Waals surface area (Å²) in [5, 5.41) is 2.00. The Morgan fingerprint density at radius 2 is 1.17 bits per heavy atom. The Hall–Kier alpha value is -1.24. The summed E-state index contributed by atoms with van der Waals surface area (Å²) in [5.74, 6) is 1.62. The summed E-state index contributed by atoms with van der Waals surface area (Å²) in [6.07, 6.45) is 0. The van der Waals surface area contributed by atoms with Crippen molar-refractivity contribution in [3.8, 4) is 11.5 Å². The van der Waals surface area contributed by atoms with E-state index >= 15 is 0 Å². The fourth-order valence-electron chi connectivity index (χ4n) is 1.71. The molecule has 0 atom stereocenters. The molecule has 0 radical (unpaired) electrons. The van der Waals surface area contributed by atoms with Crippen LogP contribution >= 0.6 is 18.5 Å². The predicted molar refractivity (Wildman–Crippen MR) is 78.0 cm³/mol. The Morgan fingerprint density at radius 3 is 1.56 bits per heavy atom. The second kappa shape index (κ2) is 6.08. The number of hydrogen-bond acceptors (Lipinski definition) is 2. The minimum absolute atomic E-state index is 0.810. The fraction of sp³-hybridized carbons (Fsp3) is 0.143. The Bertz CT molecular complexity index is 483. The molecule has 0 spiro atoms. The Balaban J connectivity index is 2.44. The van der Waals surface area contributed by atoms with Gasteiger partial charge in [-0.3, -0.25) is 0 Å². The van der Waals surface area contributed by atoms with Crippen molar-refractivity contribution in [1.82, 2.24) is 0 Å². The third kappa shape index (κ3) is 2.60. The standard InChI is InChI=1S/C14H14ClO2P/c1-16-11-7-3-5-9-13(11)18(15)14-10-6-4-8-12(14)17-2/h3-10H,1-2H3. The molecule has 0 unspecified atom stereocenters. The van der Waals surface area contributed by atoms with Crippen LogP contribution in [-0.2, 0) is 0 Å². The van der Waals surface area contributed by atoms with E-state index in [1.54, 1.807) is 14.2 Å². The van der Waals surface area contributed by atoms with E-state index in [0.717, 1.165) is 22.1 Å². The van der Waals surface area contributed by atoms with Crippen LogP contribution in [0.15, 0.2) is 48.5 Å². The monoisotopic (exact) mass is 280 g/mol. The third-order valence-corrected chi connectivity index (χ3v) is 5.27. The average Bonchev–Trinajstić information content (AvgIpc) is 2.46. The van der Waals surface area contributed by atoms with Crippen LogP contribution in [0.2, 0.25) is 0 Å². The minimum atomic E-state index is -1.00. The van der Waals surface area contributed by atoms with E-state index in [4.69, 9.17) is 20.7 Å². The molecule has 0 amide bonds. The van der Waals surface area contributed by atoms with E-state index in [-0.39, 0.29) is 0 Å². The Morgan fingerprint density at radius 1 is 0.778 bits per heavy atom. The number of benzene rings is 2. The van der Waals surface area contributed by atoms with Crippen LogP contribution in [0.5, 0.6) is 11.5 Å². The zero-order valence-electron chi connectivity index (χ0n) is 10.3. The third-order valence-electron chi connectivity index (χ3n) is 2.59. The molecule has 0 saturated carbocycles. The molecule has 0 saturated heterocycles. The van der Waals surface area contributed by atoms with Gasteiger partial charge in [0, 0.05) is 10.6 Å². The lowest BCUT2D eigenvalue weighted by atomic mass is 10.3. The van der Waals surface area contributed by atoms with Crippen LogP contribution in [0.4, 0.5) is 0 Å². The summed E-state index contributed by atoms with van der Waals surface area (Å²) < 4.78 is 10.7. The van der Waals surface area contributed by atoms with Crippen LogP contribution < -0.4 is 20.1 Å². The predicted octanol–water partition coefficient (Wildman–Crippen LogP) is 3.29. The fourth-order valence-corrected chi connectivity index (χ4v) is 3.96. The molecule has 2 rings (SSSR count). The molecule has 2 aromatic carbocycles. The quantitative estimate of drug-likeness (QED) is 0.800. The highest BCUT2D eigenvalue weighted by molar-refractivity contribution is 7.95. The lowest BCUT2D eigenvalue weighted by molar-refractivity contribution is 0.417. The van der Waals surface area contributed by atoms with Gasteiger partial charge >= 0.3 is 0 Å². The van der Waals surface area contributed by atoms with E-state index in [1.807, 2.05) is 48.5 Å². The van der Waals surface area contributed by atoms with Crippen LogP contribution in [0.25, 0.3) is 0 Å². The first-order valence-electron chi connectivity index (χ1n) is 5.50. The van der Waals surface area contributed by atoms with E-state index in [0.29, 0.717) is 0 Å². The van der Waals surface area contributed by atoms with Gasteiger partial charge in [-0.1, -0.05) is 35.5 Å². The number of halogens is 1. The van der Waals surface area contributed by atoms with Gasteiger partial charge in [-0.05, 0) is 24.3 Å². The minimum Gasteiger partial charge on any atom is -0.496 e. The lowest BCUT2D eigenvalue weighted by Crippen LogP contribution is -2.12. The molecule has 94 valence electrons. The summed E-state index contributed by atoms with van der Waals surface area (Å²) in [5.41, 5.74) is 0. The van der Waals surface area contributed by atoms with Gasteiger partial charge in [0.2, 0.25) is 0 Å². The molecule has 0 fully saturated rings. The van der Waals surface area contributed by atoms with Crippen LogP contribution in [0, 0.1) is 0 Å². The number of para-hydroxylation sites is 2. The van der Waals surface area contributed by atoms with Crippen molar-refractivity contribution < 1.29 is 9.47 Å². The Labute approximate surface area is 113 Å². The van der Waals surface area contributed by atoms with Crippen LogP contribution in [0.3, 0.4) is 0 Å². The van der Waals surface area contributed by atoms with E-state index in [2.05, 4.69) is 0 Å². The van der Waals surface area contributed by atoms with Gasteiger partial charge in [-0.15, -0.1) is 0 Å². The zero-order valence-corrected chi connectivity index (χ0v) is 11.9. The molecule has 2 nitrogen and oxygen atoms in total. The normalized spacial score (nSPS) is 10.4. The molecule has 0 N–H and O–H groups in total. The molecule has 0 aliphatic carbocycles. The van der Waals surface area contributed by atoms with Crippen molar-refractivity contribution in [3.05, 3.63) is 48.5 Å². The molecule has 0 aliphatic heterocycles. The number of rotatable bonds is 4. The molecular formula is C14H14ClO2P. The van der Waals surface area contributed by atoms with E-state index < -0.39 is 7.27 Å². The van der Waals surface area contributed by atoms with Crippen molar-refractivity contribution in [2.45, 2.75) is 0 Å². The van der Waals surface area contributed by atoms with Gasteiger partial charge in [0.15, 0.2) is 0 Å². The Kier molecular flexibility index (Phi) is 4.46. The maximum Gasteiger partial charge on any atom is 0.128 e. The van der Waals surface area contributed by atoms with Crippen molar-refractivity contribution in [1.29, 1.82) is 0 Å². The number of hydrogen-bond donors (Lipinski definition) is 0. The first kappa shape index (κ1) is 13.2. The van der Waals surface area contributed by atoms with E-state index in [9.17, 15) is 0 Å². The molecular weight excluding hydrogens is 267 g/mol. The van der Waals surface area contributed by atoms with Gasteiger partial charge in [0.1, 0.15) is 11.5 Å². The number of methoxy groups -OCH3 is 2. The van der Waals surface area contributed by atoms with Gasteiger partial charge < -0.3 is 9.47 Å². The molecule has 0 bridgehead atoms. The summed E-state index contributed by atoms with van der Waals surface area (Å²) in [6, 6.07) is 15.6. The molecule has 2 aromatic rings. The largest absolute Gasteiger partial charge is 0.496 e. The molecule has 0 aromatic heterocycles. The van der Waals surface area contributed by atoms with E-state index in [1.165, 1.54) is 0 Å². The van der Waals surface area contributed by atoms with Crippen LogP contribution in [-0.4, -0.2) is 14.2 Å². The second-order valence-electron chi connectivity index (χ2n) is 3.62. The lowest BCUT2D eigenvalue weighted by Gasteiger charge is -2.16. The molecule has 0 aliphatic rings. The molecule has 0 heterocycles. The highest BCUT2D eigenvalue weighted by atomic mass is 35.7. The van der Waals surface area contributed by atoms with Gasteiger partial charge in [-0.2, -0.15) is 0 Å². The van der Waals surface area contributed by atoms with Crippen molar-refractivity contribution in [2.24, 2.45) is 0 Å². The summed E-state index contributed by atoms with van der Waals surface area (Å²) in [4.78, 5) is 0. The first-order chi connectivity index (χ1) is 8.77. The number of ether oxygens (including phenoxy) is 2. The maximum atomic E-state index is 6.60. The zero-order chi connectivity index (χ0) is 13.0. The summed E-state index contributed by atoms with van der Waals surface area (Å²) in [6.45, 7) is 0. The SMILES string of the molecule is COc1ccccc1P(Cl)c1ccccc1OC. The smallest absolute Gasteiger partial charge is 0.128 e. The molecule has 4 heteroatoms. The molecule has 18 heavy (non-hydrogen) atoms. The van der Waals surface area contributed by atoms with Gasteiger partial charge in [-0.25, -0.2) is 0 Å². The van der Waals surface area contributed by atoms with Gasteiger partial charge in [0.05, 0.1) is 21.5 Å². The van der Waals surface area contributed by atoms with Crippen molar-refractivity contribution in [3.63, 3.8) is 0 Å². The highest BCUT2D eigenvalue weighted by Gasteiger charge is 2.18. The first-order valence-corrected chi connectivity index (χ1v) is 7.74. The highest BCUT2D eigenvalue weighted by Crippen LogP contribution is 2.44. The maximum absolute atomic E-state index is 6.60. The summed E-state index contributed by atoms with van der Waals surface area (Å²) >= 11 is 6.60. The summed E-state index contributed by atoms with van der Waals surface area (Å²) in [7, 11) is 2.31. The average molecular weight is 281 g/mol. The second-order valence-corrected chi connectivity index (χ2v) is 6.16. The van der Waals surface area contributed by atoms with Crippen molar-refractivity contribution in [2.75, 3.05) is 14.2 Å².